The Balaban J connectivity index is 1.66. The summed E-state index contributed by atoms with van der Waals surface area (Å²) < 4.78 is 5.33. The molecule has 2 fully saturated rings. The first-order valence-electron chi connectivity index (χ1n) is 9.40. The molecule has 1 saturated heterocycles. The van der Waals surface area contributed by atoms with Gasteiger partial charge in [-0.3, -0.25) is 14.9 Å². The van der Waals surface area contributed by atoms with E-state index in [0.717, 1.165) is 38.5 Å². The molecule has 0 aromatic carbocycles. The van der Waals surface area contributed by atoms with E-state index in [1.807, 2.05) is 0 Å². The molecule has 2 aliphatic rings. The minimum atomic E-state index is -0.475. The lowest BCUT2D eigenvalue weighted by atomic mass is 9.85. The number of carbonyl (C=O) groups excluding carboxylic acids is 1. The molecule has 3 N–H and O–H groups in total. The summed E-state index contributed by atoms with van der Waals surface area (Å²) in [4.78, 5) is 31.1. The average molecular weight is 378 g/mol. The molecule has 10 nitrogen and oxygen atoms in total. The normalized spacial score (nSPS) is 23.4. The minimum Gasteiger partial charge on any atom is -0.381 e. The maximum Gasteiger partial charge on any atom is 0.329 e. The SMILES string of the molecule is CNC(=O)[C@H]1CC[C@@H](Nc2nc(NC3CCOCC3)ncc2[N+](=O)[O-])CC1. The van der Waals surface area contributed by atoms with E-state index in [9.17, 15) is 14.9 Å². The van der Waals surface area contributed by atoms with Gasteiger partial charge in [-0.1, -0.05) is 0 Å². The first-order valence-corrected chi connectivity index (χ1v) is 9.40. The summed E-state index contributed by atoms with van der Waals surface area (Å²) in [5, 5.41) is 20.5. The quantitative estimate of drug-likeness (QED) is 0.503. The molecule has 2 heterocycles. The van der Waals surface area contributed by atoms with E-state index in [4.69, 9.17) is 4.74 Å². The highest BCUT2D eigenvalue weighted by Crippen LogP contribution is 2.30. The zero-order chi connectivity index (χ0) is 19.2. The molecular weight excluding hydrogens is 352 g/mol. The maximum atomic E-state index is 11.8. The third-order valence-electron chi connectivity index (χ3n) is 5.21. The number of nitro groups is 1. The number of amides is 1. The predicted octanol–water partition coefficient (Wildman–Crippen LogP) is 1.69. The topological polar surface area (TPSA) is 131 Å². The van der Waals surface area contributed by atoms with Crippen LogP contribution in [0.2, 0.25) is 0 Å². The van der Waals surface area contributed by atoms with Gasteiger partial charge in [-0.05, 0) is 38.5 Å². The molecule has 1 saturated carbocycles. The van der Waals surface area contributed by atoms with Crippen LogP contribution in [-0.4, -0.2) is 53.1 Å². The number of hydrogen-bond donors (Lipinski definition) is 3. The van der Waals surface area contributed by atoms with Gasteiger partial charge in [0.05, 0.1) is 4.92 Å². The van der Waals surface area contributed by atoms with Crippen LogP contribution in [0.4, 0.5) is 17.5 Å². The molecule has 0 spiro atoms. The summed E-state index contributed by atoms with van der Waals surface area (Å²) in [5.41, 5.74) is -0.138. The molecule has 1 amide bonds. The third-order valence-corrected chi connectivity index (χ3v) is 5.21. The number of anilines is 2. The fourth-order valence-corrected chi connectivity index (χ4v) is 3.61. The monoisotopic (exact) mass is 378 g/mol. The lowest BCUT2D eigenvalue weighted by molar-refractivity contribution is -0.384. The predicted molar refractivity (Wildman–Crippen MR) is 99.6 cm³/mol. The third kappa shape index (κ3) is 5.03. The van der Waals surface area contributed by atoms with Crippen LogP contribution in [0, 0.1) is 16.0 Å². The molecule has 0 radical (unpaired) electrons. The van der Waals surface area contributed by atoms with Crippen molar-refractivity contribution >= 4 is 23.4 Å². The van der Waals surface area contributed by atoms with Gasteiger partial charge in [-0.25, -0.2) is 4.98 Å². The van der Waals surface area contributed by atoms with Gasteiger partial charge in [0.2, 0.25) is 17.7 Å². The molecule has 1 aliphatic carbocycles. The van der Waals surface area contributed by atoms with Gasteiger partial charge < -0.3 is 20.7 Å². The summed E-state index contributed by atoms with van der Waals surface area (Å²) in [6.07, 6.45) is 5.99. The summed E-state index contributed by atoms with van der Waals surface area (Å²) in [7, 11) is 1.64. The van der Waals surface area contributed by atoms with E-state index < -0.39 is 4.92 Å². The molecule has 10 heteroatoms. The van der Waals surface area contributed by atoms with E-state index in [1.54, 1.807) is 7.05 Å². The van der Waals surface area contributed by atoms with Gasteiger partial charge in [0.25, 0.3) is 0 Å². The molecule has 0 bridgehead atoms. The molecule has 1 aliphatic heterocycles. The molecule has 27 heavy (non-hydrogen) atoms. The Labute approximate surface area is 157 Å². The number of rotatable bonds is 6. The number of aromatic nitrogens is 2. The van der Waals surface area contributed by atoms with Crippen LogP contribution in [-0.2, 0) is 9.53 Å². The van der Waals surface area contributed by atoms with Crippen LogP contribution in [0.3, 0.4) is 0 Å². The number of nitrogens with zero attached hydrogens (tertiary/aromatic N) is 3. The van der Waals surface area contributed by atoms with Gasteiger partial charge in [0, 0.05) is 38.3 Å². The van der Waals surface area contributed by atoms with Gasteiger partial charge in [0.15, 0.2) is 0 Å². The van der Waals surface area contributed by atoms with Gasteiger partial charge in [-0.15, -0.1) is 0 Å². The average Bonchev–Trinajstić information content (AvgIpc) is 2.69. The highest BCUT2D eigenvalue weighted by Gasteiger charge is 2.28. The highest BCUT2D eigenvalue weighted by molar-refractivity contribution is 5.78. The first kappa shape index (κ1) is 19.3. The zero-order valence-corrected chi connectivity index (χ0v) is 15.4. The van der Waals surface area contributed by atoms with E-state index in [2.05, 4.69) is 25.9 Å². The van der Waals surface area contributed by atoms with Crippen molar-refractivity contribution in [2.75, 3.05) is 30.9 Å². The number of carbonyl (C=O) groups is 1. The Kier molecular flexibility index (Phi) is 6.38. The van der Waals surface area contributed by atoms with E-state index in [0.29, 0.717) is 19.2 Å². The lowest BCUT2D eigenvalue weighted by Gasteiger charge is -2.28. The van der Waals surface area contributed by atoms with Crippen molar-refractivity contribution in [2.24, 2.45) is 5.92 Å². The Hall–Kier alpha value is -2.49. The summed E-state index contributed by atoms with van der Waals surface area (Å²) in [6, 6.07) is 0.256. The van der Waals surface area contributed by atoms with Crippen LogP contribution in [0.1, 0.15) is 38.5 Å². The van der Waals surface area contributed by atoms with Crippen molar-refractivity contribution in [3.05, 3.63) is 16.3 Å². The van der Waals surface area contributed by atoms with E-state index >= 15 is 0 Å². The van der Waals surface area contributed by atoms with Crippen molar-refractivity contribution in [3.8, 4) is 0 Å². The summed E-state index contributed by atoms with van der Waals surface area (Å²) in [6.45, 7) is 1.37. The van der Waals surface area contributed by atoms with Crippen LogP contribution in [0.5, 0.6) is 0 Å². The van der Waals surface area contributed by atoms with Gasteiger partial charge in [0.1, 0.15) is 6.20 Å². The van der Waals surface area contributed by atoms with Crippen LogP contribution < -0.4 is 16.0 Å². The summed E-state index contributed by atoms with van der Waals surface area (Å²) in [5.74, 6) is 0.686. The molecule has 1 aromatic rings. The van der Waals surface area contributed by atoms with Crippen LogP contribution in [0.25, 0.3) is 0 Å². The first-order chi connectivity index (χ1) is 13.1. The Bertz CT molecular complexity index is 671. The highest BCUT2D eigenvalue weighted by atomic mass is 16.6. The molecule has 1 aromatic heterocycles. The van der Waals surface area contributed by atoms with Crippen molar-refractivity contribution in [1.29, 1.82) is 0 Å². The standard InChI is InChI=1S/C17H26N6O4/c1-18-16(24)11-2-4-12(5-3-11)20-15-14(23(25)26)10-19-17(22-15)21-13-6-8-27-9-7-13/h10-13H,2-9H2,1H3,(H,18,24)(H2,19,20,21,22)/t11-,12+. The lowest BCUT2D eigenvalue weighted by Crippen LogP contribution is -2.34. The Morgan fingerprint density at radius 3 is 2.44 bits per heavy atom. The fraction of sp³-hybridized carbons (Fsp3) is 0.706. The number of ether oxygens (including phenoxy) is 1. The van der Waals surface area contributed by atoms with Crippen LogP contribution in [0.15, 0.2) is 6.20 Å². The summed E-state index contributed by atoms with van der Waals surface area (Å²) >= 11 is 0. The molecule has 3 rings (SSSR count). The minimum absolute atomic E-state index is 0.0131. The van der Waals surface area contributed by atoms with E-state index in [-0.39, 0.29) is 35.4 Å². The second-order valence-electron chi connectivity index (χ2n) is 7.02. The van der Waals surface area contributed by atoms with Gasteiger partial charge in [-0.2, -0.15) is 4.98 Å². The Morgan fingerprint density at radius 2 is 1.81 bits per heavy atom. The number of nitrogens with one attached hydrogen (secondary N) is 3. The van der Waals surface area contributed by atoms with Gasteiger partial charge >= 0.3 is 5.69 Å². The largest absolute Gasteiger partial charge is 0.381 e. The number of hydrogen-bond acceptors (Lipinski definition) is 8. The smallest absolute Gasteiger partial charge is 0.329 e. The fourth-order valence-electron chi connectivity index (χ4n) is 3.61. The van der Waals surface area contributed by atoms with Crippen molar-refractivity contribution in [1.82, 2.24) is 15.3 Å². The Morgan fingerprint density at radius 1 is 1.15 bits per heavy atom. The molecule has 148 valence electrons. The molecule has 0 unspecified atom stereocenters. The maximum absolute atomic E-state index is 11.8. The molecular formula is C17H26N6O4. The van der Waals surface area contributed by atoms with Crippen LogP contribution >= 0.6 is 0 Å². The van der Waals surface area contributed by atoms with Crippen molar-refractivity contribution < 1.29 is 14.5 Å². The van der Waals surface area contributed by atoms with Crippen molar-refractivity contribution in [2.45, 2.75) is 50.6 Å². The van der Waals surface area contributed by atoms with E-state index in [1.165, 1.54) is 6.20 Å². The van der Waals surface area contributed by atoms with Crippen molar-refractivity contribution in [3.63, 3.8) is 0 Å². The second-order valence-corrected chi connectivity index (χ2v) is 7.02. The zero-order valence-electron chi connectivity index (χ0n) is 15.4. The second kappa shape index (κ2) is 8.94. The molecule has 0 atom stereocenters.